The van der Waals surface area contributed by atoms with Crippen molar-refractivity contribution in [2.24, 2.45) is 0 Å². The van der Waals surface area contributed by atoms with Crippen molar-refractivity contribution in [3.63, 3.8) is 0 Å². The third-order valence-corrected chi connectivity index (χ3v) is 5.86. The minimum absolute atomic E-state index is 0.0794. The molecule has 1 amide bonds. The number of carbonyl (C=O) groups is 2. The van der Waals surface area contributed by atoms with Crippen LogP contribution in [0.3, 0.4) is 0 Å². The maximum absolute atomic E-state index is 14.0. The Balaban J connectivity index is 1.79. The largest absolute Gasteiger partial charge is 0.480 e. The maximum atomic E-state index is 14.0. The minimum Gasteiger partial charge on any atom is -0.480 e. The van der Waals surface area contributed by atoms with E-state index in [2.05, 4.69) is 10.3 Å². The average Bonchev–Trinajstić information content (AvgIpc) is 2.96. The molecule has 1 heterocycles. The quantitative estimate of drug-likeness (QED) is 0.811. The molecule has 1 aliphatic rings. The lowest BCUT2D eigenvalue weighted by Crippen LogP contribution is -2.45. The zero-order chi connectivity index (χ0) is 18.8. The fourth-order valence-electron chi connectivity index (χ4n) is 3.20. The summed E-state index contributed by atoms with van der Waals surface area (Å²) in [6.07, 6.45) is 2.14. The smallest absolute Gasteiger partial charge is 0.326 e. The van der Waals surface area contributed by atoms with Gasteiger partial charge in [0.2, 0.25) is 5.91 Å². The number of carboxylic acids is 1. The van der Waals surface area contributed by atoms with Gasteiger partial charge in [0.1, 0.15) is 11.9 Å². The summed E-state index contributed by atoms with van der Waals surface area (Å²) in [6, 6.07) is 2.89. The first-order valence-electron chi connectivity index (χ1n) is 8.29. The molecule has 1 aliphatic carbocycles. The second-order valence-electron chi connectivity index (χ2n) is 6.29. The zero-order valence-electron chi connectivity index (χ0n) is 14.1. The summed E-state index contributed by atoms with van der Waals surface area (Å²) in [6.45, 7) is 1.89. The van der Waals surface area contributed by atoms with Crippen LogP contribution in [0.1, 0.15) is 39.9 Å². The van der Waals surface area contributed by atoms with Crippen LogP contribution in [-0.4, -0.2) is 28.0 Å². The summed E-state index contributed by atoms with van der Waals surface area (Å²) in [4.78, 5) is 29.8. The van der Waals surface area contributed by atoms with Crippen molar-refractivity contribution >= 4 is 34.8 Å². The molecule has 8 heteroatoms. The molecule has 5 nitrogen and oxygen atoms in total. The number of nitrogens with zero attached hydrogens (tertiary/aromatic N) is 1. The van der Waals surface area contributed by atoms with Gasteiger partial charge in [-0.1, -0.05) is 17.7 Å². The predicted octanol–water partition coefficient (Wildman–Crippen LogP) is 3.48. The monoisotopic (exact) mass is 396 g/mol. The first-order chi connectivity index (χ1) is 12.4. The van der Waals surface area contributed by atoms with Crippen LogP contribution < -0.4 is 5.32 Å². The van der Waals surface area contributed by atoms with E-state index in [9.17, 15) is 19.1 Å². The van der Waals surface area contributed by atoms with Crippen molar-refractivity contribution in [2.75, 3.05) is 0 Å². The van der Waals surface area contributed by atoms with Gasteiger partial charge in [0.15, 0.2) is 0 Å². The van der Waals surface area contributed by atoms with Gasteiger partial charge in [-0.05, 0) is 38.3 Å². The highest BCUT2D eigenvalue weighted by Crippen LogP contribution is 2.34. The Kier molecular flexibility index (Phi) is 5.58. The lowest BCUT2D eigenvalue weighted by Gasteiger charge is -2.23. The molecule has 138 valence electrons. The number of rotatable bonds is 5. The highest BCUT2D eigenvalue weighted by molar-refractivity contribution is 7.11. The van der Waals surface area contributed by atoms with Crippen molar-refractivity contribution in [1.29, 1.82) is 0 Å². The number of fused-ring (bicyclic) bond motifs is 1. The number of hydrogen-bond donors (Lipinski definition) is 2. The standard InChI is InChI=1S/C18H18ClFN2O3S/c1-9-21-16-10(4-2-7-15(16)26-9)17(23)22-14(18(24)25)8-11-12(19)5-3-6-13(11)20/h3,5-6,10,14H,2,4,7-8H2,1H3,(H,22,23)(H,24,25). The van der Waals surface area contributed by atoms with E-state index >= 15 is 0 Å². The fourth-order valence-corrected chi connectivity index (χ4v) is 4.48. The van der Waals surface area contributed by atoms with E-state index < -0.39 is 29.7 Å². The summed E-state index contributed by atoms with van der Waals surface area (Å²) < 4.78 is 14.0. The van der Waals surface area contributed by atoms with Gasteiger partial charge < -0.3 is 10.4 Å². The van der Waals surface area contributed by atoms with Crippen molar-refractivity contribution in [3.05, 3.63) is 50.2 Å². The Morgan fingerprint density at radius 2 is 2.27 bits per heavy atom. The third kappa shape index (κ3) is 3.88. The zero-order valence-corrected chi connectivity index (χ0v) is 15.7. The lowest BCUT2D eigenvalue weighted by molar-refractivity contribution is -0.142. The second-order valence-corrected chi connectivity index (χ2v) is 7.98. The molecule has 0 saturated carbocycles. The Morgan fingerprint density at radius 3 is 2.96 bits per heavy atom. The van der Waals surface area contributed by atoms with Gasteiger partial charge >= 0.3 is 5.97 Å². The number of amides is 1. The van der Waals surface area contributed by atoms with Crippen molar-refractivity contribution in [3.8, 4) is 0 Å². The van der Waals surface area contributed by atoms with Crippen LogP contribution in [0.4, 0.5) is 4.39 Å². The van der Waals surface area contributed by atoms with Gasteiger partial charge in [-0.2, -0.15) is 0 Å². The normalized spacial score (nSPS) is 17.4. The summed E-state index contributed by atoms with van der Waals surface area (Å²) in [5.74, 6) is -2.69. The van der Waals surface area contributed by atoms with Crippen LogP contribution >= 0.6 is 22.9 Å². The number of halogens is 2. The molecule has 0 aliphatic heterocycles. The summed E-state index contributed by atoms with van der Waals surface area (Å²) in [5.41, 5.74) is 0.819. The molecular formula is C18H18ClFN2O3S. The number of carboxylic acid groups (broad SMARTS) is 1. The summed E-state index contributed by atoms with van der Waals surface area (Å²) in [5, 5.41) is 13.0. The fraction of sp³-hybridized carbons (Fsp3) is 0.389. The van der Waals surface area contributed by atoms with Gasteiger partial charge in [0.25, 0.3) is 0 Å². The van der Waals surface area contributed by atoms with E-state index in [1.54, 1.807) is 11.3 Å². The van der Waals surface area contributed by atoms with E-state index in [-0.39, 0.29) is 17.0 Å². The molecule has 0 fully saturated rings. The minimum atomic E-state index is -1.26. The van der Waals surface area contributed by atoms with E-state index in [0.29, 0.717) is 6.42 Å². The van der Waals surface area contributed by atoms with Crippen molar-refractivity contribution in [1.82, 2.24) is 10.3 Å². The van der Waals surface area contributed by atoms with Crippen LogP contribution in [-0.2, 0) is 22.4 Å². The topological polar surface area (TPSA) is 79.3 Å². The number of aryl methyl sites for hydroxylation is 2. The van der Waals surface area contributed by atoms with Crippen LogP contribution in [0.15, 0.2) is 18.2 Å². The molecule has 0 spiro atoms. The van der Waals surface area contributed by atoms with E-state index in [4.69, 9.17) is 11.6 Å². The number of aliphatic carboxylic acids is 1. The van der Waals surface area contributed by atoms with Gasteiger partial charge in [0.05, 0.1) is 16.6 Å². The molecule has 2 N–H and O–H groups in total. The molecule has 2 aromatic rings. The van der Waals surface area contributed by atoms with Crippen molar-refractivity contribution in [2.45, 2.75) is 44.6 Å². The maximum Gasteiger partial charge on any atom is 0.326 e. The number of nitrogens with one attached hydrogen (secondary N) is 1. The van der Waals surface area contributed by atoms with Crippen LogP contribution in [0.5, 0.6) is 0 Å². The Morgan fingerprint density at radius 1 is 1.50 bits per heavy atom. The van der Waals surface area contributed by atoms with Crippen molar-refractivity contribution < 1.29 is 19.1 Å². The molecule has 1 aromatic heterocycles. The first kappa shape index (κ1) is 18.8. The molecular weight excluding hydrogens is 379 g/mol. The highest BCUT2D eigenvalue weighted by Gasteiger charge is 2.32. The van der Waals surface area contributed by atoms with E-state index in [1.165, 1.54) is 18.2 Å². The number of aromatic nitrogens is 1. The molecule has 26 heavy (non-hydrogen) atoms. The SMILES string of the molecule is Cc1nc2c(s1)CCCC2C(=O)NC(Cc1c(F)cccc1Cl)C(=O)O. The van der Waals surface area contributed by atoms with Gasteiger partial charge in [-0.3, -0.25) is 4.79 Å². The lowest BCUT2D eigenvalue weighted by atomic mass is 9.90. The Bertz CT molecular complexity index is 835. The second kappa shape index (κ2) is 7.72. The number of carbonyl (C=O) groups excluding carboxylic acids is 1. The van der Waals surface area contributed by atoms with E-state index in [1.807, 2.05) is 6.92 Å². The van der Waals surface area contributed by atoms with Gasteiger partial charge in [0, 0.05) is 21.9 Å². The molecule has 3 rings (SSSR count). The summed E-state index contributed by atoms with van der Waals surface area (Å²) >= 11 is 7.55. The number of hydrogen-bond acceptors (Lipinski definition) is 4. The predicted molar refractivity (Wildman–Crippen MR) is 97.2 cm³/mol. The molecule has 2 unspecified atom stereocenters. The molecule has 2 atom stereocenters. The van der Waals surface area contributed by atoms with Gasteiger partial charge in [-0.15, -0.1) is 11.3 Å². The number of thiazole rings is 1. The Hall–Kier alpha value is -1.99. The third-order valence-electron chi connectivity index (χ3n) is 4.46. The molecule has 0 radical (unpaired) electrons. The molecule has 0 saturated heterocycles. The van der Waals surface area contributed by atoms with E-state index in [0.717, 1.165) is 28.4 Å². The van der Waals surface area contributed by atoms with Gasteiger partial charge in [-0.25, -0.2) is 14.2 Å². The summed E-state index contributed by atoms with van der Waals surface area (Å²) in [7, 11) is 0. The Labute approximate surface area is 159 Å². The molecule has 1 aromatic carbocycles. The van der Waals surface area contributed by atoms with Crippen LogP contribution in [0.25, 0.3) is 0 Å². The van der Waals surface area contributed by atoms with Crippen LogP contribution in [0, 0.1) is 12.7 Å². The van der Waals surface area contributed by atoms with Crippen LogP contribution in [0.2, 0.25) is 5.02 Å². The average molecular weight is 397 g/mol. The first-order valence-corrected chi connectivity index (χ1v) is 9.48. The molecule has 0 bridgehead atoms. The number of benzene rings is 1. The highest BCUT2D eigenvalue weighted by atomic mass is 35.5.